The van der Waals surface area contributed by atoms with Crippen LogP contribution in [0.2, 0.25) is 0 Å². The van der Waals surface area contributed by atoms with Gasteiger partial charge >= 0.3 is 10.3 Å². The van der Waals surface area contributed by atoms with Gasteiger partial charge in [0.25, 0.3) is 0 Å². The van der Waals surface area contributed by atoms with Crippen molar-refractivity contribution in [2.75, 3.05) is 7.05 Å². The first-order valence-corrected chi connectivity index (χ1v) is 4.16. The Morgan fingerprint density at radius 3 is 2.44 bits per heavy atom. The van der Waals surface area contributed by atoms with E-state index in [-0.39, 0.29) is 6.10 Å². The first-order valence-electron chi connectivity index (χ1n) is 2.76. The maximum absolute atomic E-state index is 10.5. The lowest BCUT2D eigenvalue weighted by molar-refractivity contribution is 0.300. The first kappa shape index (κ1) is 6.98. The van der Waals surface area contributed by atoms with E-state index in [4.69, 9.17) is 0 Å². The Labute approximate surface area is 54.5 Å². The summed E-state index contributed by atoms with van der Waals surface area (Å²) in [6, 6.07) is 0. The first-order chi connectivity index (χ1) is 4.14. The van der Waals surface area contributed by atoms with Crippen LogP contribution in [0.25, 0.3) is 0 Å². The van der Waals surface area contributed by atoms with E-state index in [1.807, 2.05) is 0 Å². The molecule has 0 heterocycles. The Balaban J connectivity index is 2.40. The average molecular weight is 151 g/mol. The standard InChI is InChI=1S/C4H9NO3S/c1-5-9(6,7)8-4-2-3-4/h4-5H,2-3H2,1H3. The summed E-state index contributed by atoms with van der Waals surface area (Å²) >= 11 is 0. The molecule has 0 aromatic rings. The van der Waals surface area contributed by atoms with Gasteiger partial charge in [-0.25, -0.2) is 0 Å². The Morgan fingerprint density at radius 1 is 1.56 bits per heavy atom. The highest BCUT2D eigenvalue weighted by Crippen LogP contribution is 2.24. The van der Waals surface area contributed by atoms with Gasteiger partial charge in [0.05, 0.1) is 6.10 Å². The topological polar surface area (TPSA) is 55.4 Å². The number of hydrogen-bond donors (Lipinski definition) is 1. The van der Waals surface area contributed by atoms with Gasteiger partial charge < -0.3 is 0 Å². The van der Waals surface area contributed by atoms with Crippen LogP contribution in [-0.2, 0) is 14.5 Å². The average Bonchev–Trinajstić information content (AvgIpc) is 2.50. The molecule has 0 aromatic heterocycles. The fourth-order valence-electron chi connectivity index (χ4n) is 0.392. The van der Waals surface area contributed by atoms with Crippen molar-refractivity contribution in [3.63, 3.8) is 0 Å². The van der Waals surface area contributed by atoms with Crippen molar-refractivity contribution in [2.45, 2.75) is 18.9 Å². The lowest BCUT2D eigenvalue weighted by atomic mass is 10.9. The third-order valence-corrected chi connectivity index (χ3v) is 2.06. The second-order valence-electron chi connectivity index (χ2n) is 1.95. The minimum absolute atomic E-state index is 0.0533. The van der Waals surface area contributed by atoms with Crippen LogP contribution in [0.1, 0.15) is 12.8 Å². The molecule has 0 atom stereocenters. The van der Waals surface area contributed by atoms with E-state index in [2.05, 4.69) is 8.91 Å². The maximum Gasteiger partial charge on any atom is 0.335 e. The van der Waals surface area contributed by atoms with Crippen LogP contribution >= 0.6 is 0 Å². The lowest BCUT2D eigenvalue weighted by Gasteiger charge is -1.98. The molecule has 0 amide bonds. The zero-order valence-corrected chi connectivity index (χ0v) is 5.94. The zero-order chi connectivity index (χ0) is 6.91. The summed E-state index contributed by atoms with van der Waals surface area (Å²) in [6.07, 6.45) is 1.67. The second kappa shape index (κ2) is 2.24. The van der Waals surface area contributed by atoms with Crippen molar-refractivity contribution < 1.29 is 12.6 Å². The molecule has 1 saturated carbocycles. The van der Waals surface area contributed by atoms with Crippen molar-refractivity contribution in [2.24, 2.45) is 0 Å². The van der Waals surface area contributed by atoms with E-state index >= 15 is 0 Å². The minimum atomic E-state index is -3.41. The highest BCUT2D eigenvalue weighted by atomic mass is 32.2. The largest absolute Gasteiger partial charge is 0.335 e. The summed E-state index contributed by atoms with van der Waals surface area (Å²) in [5, 5.41) is 0. The molecular formula is C4H9NO3S. The summed E-state index contributed by atoms with van der Waals surface area (Å²) < 4.78 is 27.7. The van der Waals surface area contributed by atoms with Crippen LogP contribution in [0.4, 0.5) is 0 Å². The van der Waals surface area contributed by atoms with Gasteiger partial charge in [-0.15, -0.1) is 0 Å². The van der Waals surface area contributed by atoms with Gasteiger partial charge in [0.15, 0.2) is 0 Å². The number of nitrogens with one attached hydrogen (secondary N) is 1. The van der Waals surface area contributed by atoms with Gasteiger partial charge in [0.2, 0.25) is 0 Å². The normalized spacial score (nSPS) is 20.1. The summed E-state index contributed by atoms with van der Waals surface area (Å²) in [7, 11) is -2.08. The van der Waals surface area contributed by atoms with Crippen molar-refractivity contribution >= 4 is 10.3 Å². The smallest absolute Gasteiger partial charge is 0.255 e. The Kier molecular flexibility index (Phi) is 1.74. The van der Waals surface area contributed by atoms with Crippen LogP contribution in [0.15, 0.2) is 0 Å². The molecular weight excluding hydrogens is 142 g/mol. The Bertz CT molecular complexity index is 182. The van der Waals surface area contributed by atoms with Crippen LogP contribution in [0, 0.1) is 0 Å². The van der Waals surface area contributed by atoms with Crippen molar-refractivity contribution in [1.29, 1.82) is 0 Å². The fraction of sp³-hybridized carbons (Fsp3) is 1.00. The molecule has 1 aliphatic carbocycles. The molecule has 0 aliphatic heterocycles. The molecule has 1 rings (SSSR count). The highest BCUT2D eigenvalue weighted by Gasteiger charge is 2.27. The van der Waals surface area contributed by atoms with E-state index in [1.54, 1.807) is 0 Å². The van der Waals surface area contributed by atoms with Gasteiger partial charge in [-0.3, -0.25) is 4.18 Å². The van der Waals surface area contributed by atoms with Crippen molar-refractivity contribution in [1.82, 2.24) is 4.72 Å². The Morgan fingerprint density at radius 2 is 2.11 bits per heavy atom. The van der Waals surface area contributed by atoms with Gasteiger partial charge in [0, 0.05) is 7.05 Å². The van der Waals surface area contributed by atoms with Gasteiger partial charge in [0.1, 0.15) is 0 Å². The van der Waals surface area contributed by atoms with Crippen LogP contribution in [0.5, 0.6) is 0 Å². The SMILES string of the molecule is CNS(=O)(=O)OC1CC1. The van der Waals surface area contributed by atoms with Crippen LogP contribution < -0.4 is 4.72 Å². The maximum atomic E-state index is 10.5. The fourth-order valence-corrected chi connectivity index (χ4v) is 1.04. The molecule has 1 N–H and O–H groups in total. The van der Waals surface area contributed by atoms with E-state index in [0.29, 0.717) is 0 Å². The molecule has 0 aromatic carbocycles. The van der Waals surface area contributed by atoms with E-state index in [9.17, 15) is 8.42 Å². The van der Waals surface area contributed by atoms with Gasteiger partial charge in [-0.1, -0.05) is 0 Å². The van der Waals surface area contributed by atoms with Crippen molar-refractivity contribution in [3.8, 4) is 0 Å². The van der Waals surface area contributed by atoms with Crippen molar-refractivity contribution in [3.05, 3.63) is 0 Å². The molecule has 0 bridgehead atoms. The van der Waals surface area contributed by atoms with Crippen LogP contribution in [0.3, 0.4) is 0 Å². The van der Waals surface area contributed by atoms with E-state index in [0.717, 1.165) is 12.8 Å². The molecule has 0 spiro atoms. The molecule has 1 aliphatic rings. The van der Waals surface area contributed by atoms with Gasteiger partial charge in [-0.05, 0) is 12.8 Å². The molecule has 0 radical (unpaired) electrons. The molecule has 1 fully saturated rings. The minimum Gasteiger partial charge on any atom is -0.255 e. The molecule has 0 unspecified atom stereocenters. The van der Waals surface area contributed by atoms with E-state index < -0.39 is 10.3 Å². The van der Waals surface area contributed by atoms with Gasteiger partial charge in [-0.2, -0.15) is 13.1 Å². The summed E-state index contributed by atoms with van der Waals surface area (Å²) in [5.74, 6) is 0. The highest BCUT2D eigenvalue weighted by molar-refractivity contribution is 7.84. The zero-order valence-electron chi connectivity index (χ0n) is 5.12. The quantitative estimate of drug-likeness (QED) is 0.598. The molecule has 5 heteroatoms. The van der Waals surface area contributed by atoms with Crippen LogP contribution in [-0.4, -0.2) is 21.6 Å². The lowest BCUT2D eigenvalue weighted by Crippen LogP contribution is -2.22. The predicted octanol–water partition coefficient (Wildman–Crippen LogP) is -0.370. The third kappa shape index (κ3) is 2.30. The Hall–Kier alpha value is -0.130. The summed E-state index contributed by atoms with van der Waals surface area (Å²) in [4.78, 5) is 0. The molecule has 0 saturated heterocycles. The monoisotopic (exact) mass is 151 g/mol. The number of hydrogen-bond acceptors (Lipinski definition) is 3. The number of rotatable bonds is 3. The third-order valence-electron chi connectivity index (χ3n) is 1.04. The summed E-state index contributed by atoms with van der Waals surface area (Å²) in [6.45, 7) is 0. The molecule has 4 nitrogen and oxygen atoms in total. The summed E-state index contributed by atoms with van der Waals surface area (Å²) in [5.41, 5.74) is 0. The second-order valence-corrected chi connectivity index (χ2v) is 3.46. The molecule has 54 valence electrons. The predicted molar refractivity (Wildman–Crippen MR) is 32.1 cm³/mol. The molecule has 9 heavy (non-hydrogen) atoms. The van der Waals surface area contributed by atoms with E-state index in [1.165, 1.54) is 7.05 Å².